The number of alkyl halides is 2. The lowest BCUT2D eigenvalue weighted by atomic mass is 9.70. The Morgan fingerprint density at radius 1 is 1.06 bits per heavy atom. The third kappa shape index (κ3) is 3.66. The Morgan fingerprint density at radius 3 is 2.50 bits per heavy atom. The molecule has 1 spiro atoms. The molecule has 1 aromatic carbocycles. The number of likely N-dealkylation sites (tertiary alicyclic amines) is 1. The molecule has 2 amide bonds. The van der Waals surface area contributed by atoms with E-state index < -0.39 is 23.9 Å². The Bertz CT molecular complexity index is 1270. The highest BCUT2D eigenvalue weighted by Gasteiger charge is 2.53. The van der Waals surface area contributed by atoms with Crippen molar-refractivity contribution in [2.45, 2.75) is 50.1 Å². The first-order chi connectivity index (χ1) is 17.2. The van der Waals surface area contributed by atoms with Crippen LogP contribution in [-0.4, -0.2) is 77.1 Å². The van der Waals surface area contributed by atoms with Gasteiger partial charge in [-0.15, -0.1) is 0 Å². The van der Waals surface area contributed by atoms with Gasteiger partial charge in [0.1, 0.15) is 6.04 Å². The van der Waals surface area contributed by atoms with Crippen LogP contribution in [0.4, 0.5) is 14.5 Å². The summed E-state index contributed by atoms with van der Waals surface area (Å²) in [5.74, 6) is -3.44. The molecular formula is C25H32F2N6O3. The fraction of sp³-hybridized carbons (Fsp3) is 0.640. The molecule has 1 aromatic heterocycles. The molecule has 4 aliphatic heterocycles. The molecule has 0 radical (unpaired) electrons. The molecule has 11 heteroatoms. The Hall–Kier alpha value is -2.79. The Kier molecular flexibility index (Phi) is 5.49. The normalized spacial score (nSPS) is 28.4. The molecule has 0 bridgehead atoms. The van der Waals surface area contributed by atoms with Crippen LogP contribution in [0.2, 0.25) is 0 Å². The Balaban J connectivity index is 1.21. The summed E-state index contributed by atoms with van der Waals surface area (Å²) in [6.45, 7) is 3.40. The van der Waals surface area contributed by atoms with E-state index in [2.05, 4.69) is 15.5 Å². The minimum atomic E-state index is -2.68. The van der Waals surface area contributed by atoms with Crippen molar-refractivity contribution >= 4 is 28.5 Å². The first-order valence-corrected chi connectivity index (χ1v) is 12.8. The topological polar surface area (TPSA) is 91.6 Å². The summed E-state index contributed by atoms with van der Waals surface area (Å²) < 4.78 is 31.9. The molecule has 6 rings (SSSR count). The van der Waals surface area contributed by atoms with Crippen LogP contribution in [0.25, 0.3) is 11.0 Å². The van der Waals surface area contributed by atoms with Crippen molar-refractivity contribution in [2.24, 2.45) is 12.5 Å². The van der Waals surface area contributed by atoms with Crippen LogP contribution in [-0.2, 0) is 16.6 Å². The highest BCUT2D eigenvalue weighted by atomic mass is 19.3. The lowest BCUT2D eigenvalue weighted by Gasteiger charge is -2.58. The number of anilines is 1. The van der Waals surface area contributed by atoms with Crippen LogP contribution in [0.5, 0.6) is 0 Å². The van der Waals surface area contributed by atoms with Gasteiger partial charge in [0.25, 0.3) is 5.92 Å². The lowest BCUT2D eigenvalue weighted by molar-refractivity contribution is -0.150. The zero-order chi connectivity index (χ0) is 25.2. The van der Waals surface area contributed by atoms with Gasteiger partial charge in [0.15, 0.2) is 0 Å². The van der Waals surface area contributed by atoms with Crippen LogP contribution < -0.4 is 21.2 Å². The van der Waals surface area contributed by atoms with Gasteiger partial charge in [-0.3, -0.25) is 28.9 Å². The number of piperidine rings is 3. The Morgan fingerprint density at radius 2 is 1.81 bits per heavy atom. The van der Waals surface area contributed by atoms with E-state index in [1.54, 1.807) is 11.6 Å². The number of para-hydroxylation sites is 1. The minimum absolute atomic E-state index is 0.0793. The van der Waals surface area contributed by atoms with E-state index in [-0.39, 0.29) is 30.0 Å². The smallest absolute Gasteiger partial charge is 0.329 e. The summed E-state index contributed by atoms with van der Waals surface area (Å²) in [5, 5.41) is 5.16. The number of carbonyl (C=O) groups excluding carboxylic acids is 2. The van der Waals surface area contributed by atoms with Crippen molar-refractivity contribution in [1.82, 2.24) is 24.7 Å². The maximum Gasteiger partial charge on any atom is 0.329 e. The number of imide groups is 1. The van der Waals surface area contributed by atoms with E-state index >= 15 is 0 Å². The number of benzene rings is 1. The van der Waals surface area contributed by atoms with Crippen LogP contribution in [0, 0.1) is 5.41 Å². The SMILES string of the molecule is Cn1c(=O)n(C2CCC(=O)NC2=O)c2cccc(N3CCC4(CC3)CN(C3CCNCC3(F)F)C4)c21. The number of hydrogen-bond acceptors (Lipinski definition) is 6. The highest BCUT2D eigenvalue weighted by Crippen LogP contribution is 2.45. The van der Waals surface area contributed by atoms with E-state index in [0.29, 0.717) is 24.9 Å². The number of rotatable bonds is 3. The summed E-state index contributed by atoms with van der Waals surface area (Å²) in [6.07, 6.45) is 2.81. The summed E-state index contributed by atoms with van der Waals surface area (Å²) in [4.78, 5) is 41.6. The summed E-state index contributed by atoms with van der Waals surface area (Å²) in [5.41, 5.74) is 2.19. The van der Waals surface area contributed by atoms with E-state index in [9.17, 15) is 23.2 Å². The maximum absolute atomic E-state index is 14.4. The molecule has 4 aliphatic rings. The van der Waals surface area contributed by atoms with Gasteiger partial charge in [-0.2, -0.15) is 0 Å². The van der Waals surface area contributed by atoms with Crippen molar-refractivity contribution < 1.29 is 18.4 Å². The van der Waals surface area contributed by atoms with E-state index in [1.165, 1.54) is 4.57 Å². The third-order valence-corrected chi connectivity index (χ3v) is 8.73. The lowest BCUT2D eigenvalue weighted by Crippen LogP contribution is -2.68. The number of nitrogens with zero attached hydrogens (tertiary/aromatic N) is 4. The molecule has 0 saturated carbocycles. The fourth-order valence-electron chi connectivity index (χ4n) is 6.75. The number of halogens is 2. The largest absolute Gasteiger partial charge is 0.370 e. The quantitative estimate of drug-likeness (QED) is 0.614. The second-order valence-corrected chi connectivity index (χ2v) is 11.0. The molecule has 4 saturated heterocycles. The molecule has 4 fully saturated rings. The number of aryl methyl sites for hydroxylation is 1. The Labute approximate surface area is 207 Å². The highest BCUT2D eigenvalue weighted by molar-refractivity contribution is 6.00. The van der Waals surface area contributed by atoms with Crippen LogP contribution >= 0.6 is 0 Å². The van der Waals surface area contributed by atoms with Gasteiger partial charge in [0.05, 0.1) is 29.3 Å². The number of imidazole rings is 1. The van der Waals surface area contributed by atoms with Gasteiger partial charge in [0.2, 0.25) is 11.8 Å². The molecule has 0 aliphatic carbocycles. The summed E-state index contributed by atoms with van der Waals surface area (Å²) in [6, 6.07) is 4.36. The predicted octanol–water partition coefficient (Wildman–Crippen LogP) is 1.22. The molecular weight excluding hydrogens is 470 g/mol. The zero-order valence-electron chi connectivity index (χ0n) is 20.4. The summed E-state index contributed by atoms with van der Waals surface area (Å²) >= 11 is 0. The number of aromatic nitrogens is 2. The van der Waals surface area contributed by atoms with Crippen molar-refractivity contribution in [3.63, 3.8) is 0 Å². The summed E-state index contributed by atoms with van der Waals surface area (Å²) in [7, 11) is 1.71. The zero-order valence-corrected chi connectivity index (χ0v) is 20.4. The van der Waals surface area contributed by atoms with Gasteiger partial charge in [-0.05, 0) is 49.8 Å². The number of amides is 2. The average molecular weight is 503 g/mol. The fourth-order valence-corrected chi connectivity index (χ4v) is 6.75. The third-order valence-electron chi connectivity index (χ3n) is 8.73. The molecule has 2 N–H and O–H groups in total. The first-order valence-electron chi connectivity index (χ1n) is 12.8. The van der Waals surface area contributed by atoms with Crippen molar-refractivity contribution in [1.29, 1.82) is 0 Å². The minimum Gasteiger partial charge on any atom is -0.370 e. The van der Waals surface area contributed by atoms with Gasteiger partial charge in [-0.25, -0.2) is 13.6 Å². The van der Waals surface area contributed by atoms with Crippen LogP contribution in [0.1, 0.15) is 38.1 Å². The van der Waals surface area contributed by atoms with Crippen LogP contribution in [0.3, 0.4) is 0 Å². The van der Waals surface area contributed by atoms with Gasteiger partial charge >= 0.3 is 5.69 Å². The predicted molar refractivity (Wildman–Crippen MR) is 130 cm³/mol. The van der Waals surface area contributed by atoms with Gasteiger partial charge < -0.3 is 10.2 Å². The van der Waals surface area contributed by atoms with E-state index in [1.807, 2.05) is 23.1 Å². The van der Waals surface area contributed by atoms with Crippen LogP contribution in [0.15, 0.2) is 23.0 Å². The maximum atomic E-state index is 14.4. The molecule has 2 unspecified atom stereocenters. The molecule has 36 heavy (non-hydrogen) atoms. The van der Waals surface area contributed by atoms with E-state index in [0.717, 1.165) is 50.2 Å². The number of hydrogen-bond donors (Lipinski definition) is 2. The first kappa shape index (κ1) is 23.6. The second-order valence-electron chi connectivity index (χ2n) is 11.0. The molecule has 194 valence electrons. The number of fused-ring (bicyclic) bond motifs is 1. The molecule has 5 heterocycles. The second kappa shape index (κ2) is 8.37. The molecule has 9 nitrogen and oxygen atoms in total. The van der Waals surface area contributed by atoms with Crippen molar-refractivity contribution in [3.8, 4) is 0 Å². The van der Waals surface area contributed by atoms with Crippen molar-refractivity contribution in [3.05, 3.63) is 28.7 Å². The number of nitrogens with one attached hydrogen (secondary N) is 2. The van der Waals surface area contributed by atoms with Gasteiger partial charge in [0, 0.05) is 39.6 Å². The monoisotopic (exact) mass is 502 g/mol. The van der Waals surface area contributed by atoms with E-state index in [4.69, 9.17) is 0 Å². The molecule has 2 aromatic rings. The average Bonchev–Trinajstić information content (AvgIpc) is 3.08. The standard InChI is InChI=1S/C25H32F2N6O3/c1-30-21-16(3-2-4-17(21)33(23(30)36)18-5-6-20(34)29-22(18)35)31-11-8-24(9-12-31)14-32(15-24)19-7-10-28-13-25(19,26)27/h2-4,18-19,28H,5-15H2,1H3,(H,29,34,35). The number of carbonyl (C=O) groups is 2. The molecule has 2 atom stereocenters. The van der Waals surface area contributed by atoms with Gasteiger partial charge in [-0.1, -0.05) is 6.07 Å². The van der Waals surface area contributed by atoms with Crippen molar-refractivity contribution in [2.75, 3.05) is 44.2 Å².